The van der Waals surface area contributed by atoms with E-state index in [1.165, 1.54) is 0 Å². The molecule has 6 nitrogen and oxygen atoms in total. The van der Waals surface area contributed by atoms with Crippen LogP contribution in [0.4, 0.5) is 10.5 Å². The van der Waals surface area contributed by atoms with Gasteiger partial charge in [-0.1, -0.05) is 78.9 Å². The van der Waals surface area contributed by atoms with Crippen molar-refractivity contribution in [2.45, 2.75) is 25.0 Å². The van der Waals surface area contributed by atoms with Crippen molar-refractivity contribution in [1.29, 1.82) is 0 Å². The van der Waals surface area contributed by atoms with Crippen molar-refractivity contribution < 1.29 is 19.1 Å². The Morgan fingerprint density at radius 2 is 1.61 bits per heavy atom. The summed E-state index contributed by atoms with van der Waals surface area (Å²) in [6, 6.07) is 27.9. The molecule has 2 aromatic heterocycles. The third-order valence-electron chi connectivity index (χ3n) is 6.80. The molecule has 1 N–H and O–H groups in total. The minimum Gasteiger partial charge on any atom is -0.456 e. The van der Waals surface area contributed by atoms with Crippen molar-refractivity contribution in [3.05, 3.63) is 108 Å². The number of pyridine rings is 1. The van der Waals surface area contributed by atoms with Gasteiger partial charge in [0.15, 0.2) is 0 Å². The highest BCUT2D eigenvalue weighted by Gasteiger charge is 2.46. The van der Waals surface area contributed by atoms with Crippen molar-refractivity contribution in [2.24, 2.45) is 0 Å². The molecule has 0 radical (unpaired) electrons. The van der Waals surface area contributed by atoms with Crippen LogP contribution in [0.3, 0.4) is 0 Å². The van der Waals surface area contributed by atoms with E-state index in [4.69, 9.17) is 9.47 Å². The van der Waals surface area contributed by atoms with Crippen LogP contribution >= 0.6 is 11.3 Å². The van der Waals surface area contributed by atoms with E-state index in [-0.39, 0.29) is 6.61 Å². The summed E-state index contributed by atoms with van der Waals surface area (Å²) in [6.07, 6.45) is 4.75. The first-order chi connectivity index (χ1) is 18.6. The number of rotatable bonds is 8. The van der Waals surface area contributed by atoms with Gasteiger partial charge in [0.05, 0.1) is 15.3 Å². The van der Waals surface area contributed by atoms with E-state index in [2.05, 4.69) is 46.7 Å². The lowest BCUT2D eigenvalue weighted by atomic mass is 9.99. The number of hydrogen-bond donors (Lipinski definition) is 1. The maximum Gasteiger partial charge on any atom is 0.412 e. The lowest BCUT2D eigenvalue weighted by Crippen LogP contribution is -2.13. The van der Waals surface area contributed by atoms with E-state index in [0.29, 0.717) is 12.2 Å². The number of carbonyl (C=O) groups excluding carboxylic acids is 2. The highest BCUT2D eigenvalue weighted by Crippen LogP contribution is 2.49. The fraction of sp³-hybridized carbons (Fsp3) is 0.129. The molecule has 0 aliphatic heterocycles. The Hall–Kier alpha value is -4.49. The maximum atomic E-state index is 12.7. The summed E-state index contributed by atoms with van der Waals surface area (Å²) >= 11 is 1.58. The molecule has 7 heteroatoms. The summed E-state index contributed by atoms with van der Waals surface area (Å²) in [6.45, 7) is 0.733. The average molecular weight is 521 g/mol. The summed E-state index contributed by atoms with van der Waals surface area (Å²) in [7, 11) is 0. The van der Waals surface area contributed by atoms with Crippen molar-refractivity contribution in [2.75, 3.05) is 5.32 Å². The van der Waals surface area contributed by atoms with Gasteiger partial charge in [-0.2, -0.15) is 0 Å². The van der Waals surface area contributed by atoms with E-state index in [9.17, 15) is 9.59 Å². The van der Waals surface area contributed by atoms with E-state index in [1.54, 1.807) is 23.7 Å². The molecular formula is C31H24N2O4S. The minimum atomic E-state index is -0.504. The molecule has 1 saturated carbocycles. The fourth-order valence-electron chi connectivity index (χ4n) is 4.60. The molecule has 188 valence electrons. The smallest absolute Gasteiger partial charge is 0.412 e. The molecule has 1 amide bonds. The second kappa shape index (κ2) is 10.1. The van der Waals surface area contributed by atoms with E-state index >= 15 is 0 Å². The normalized spacial score (nSPS) is 13.6. The van der Waals surface area contributed by atoms with Gasteiger partial charge in [0.25, 0.3) is 6.47 Å². The predicted octanol–water partition coefficient (Wildman–Crippen LogP) is 7.54. The summed E-state index contributed by atoms with van der Waals surface area (Å²) in [5.74, 6) is 0. The number of nitrogens with zero attached hydrogens (tertiary/aromatic N) is 1. The molecule has 1 aliphatic rings. The molecule has 2 heterocycles. The zero-order valence-electron chi connectivity index (χ0n) is 20.4. The van der Waals surface area contributed by atoms with Crippen molar-refractivity contribution in [3.8, 4) is 21.6 Å². The number of nitrogens with one attached hydrogen (secondary N) is 1. The second-order valence-electron chi connectivity index (χ2n) is 9.23. The van der Waals surface area contributed by atoms with Gasteiger partial charge in [-0.05, 0) is 46.7 Å². The Kier molecular flexibility index (Phi) is 6.35. The predicted molar refractivity (Wildman–Crippen MR) is 149 cm³/mol. The van der Waals surface area contributed by atoms with Gasteiger partial charge in [0, 0.05) is 17.8 Å². The summed E-state index contributed by atoms with van der Waals surface area (Å²) in [5.41, 5.74) is 5.36. The number of aromatic nitrogens is 1. The van der Waals surface area contributed by atoms with Gasteiger partial charge in [-0.3, -0.25) is 15.1 Å². The van der Waals surface area contributed by atoms with Crippen LogP contribution in [0.15, 0.2) is 97.3 Å². The van der Waals surface area contributed by atoms with E-state index < -0.39 is 11.7 Å². The summed E-state index contributed by atoms with van der Waals surface area (Å²) in [5, 5.41) is 3.89. The van der Waals surface area contributed by atoms with Crippen LogP contribution in [-0.2, 0) is 26.5 Å². The first kappa shape index (κ1) is 23.9. The summed E-state index contributed by atoms with van der Waals surface area (Å²) < 4.78 is 11.8. The minimum absolute atomic E-state index is 0.196. The third-order valence-corrected chi connectivity index (χ3v) is 7.99. The number of benzene rings is 3. The van der Waals surface area contributed by atoms with Crippen molar-refractivity contribution in [3.63, 3.8) is 0 Å². The van der Waals surface area contributed by atoms with Crippen LogP contribution in [0, 0.1) is 0 Å². The Morgan fingerprint density at radius 3 is 2.29 bits per heavy atom. The van der Waals surface area contributed by atoms with Gasteiger partial charge in [-0.15, -0.1) is 11.3 Å². The largest absolute Gasteiger partial charge is 0.456 e. The maximum absolute atomic E-state index is 12.7. The van der Waals surface area contributed by atoms with Crippen LogP contribution < -0.4 is 5.32 Å². The van der Waals surface area contributed by atoms with E-state index in [0.717, 1.165) is 55.6 Å². The SMILES string of the molecule is O=COC1(c2ccc(-c3ccc(-c4sc5cnccc5c4NC(=O)OCc4ccccc4)cc3)cc2)CC1. The van der Waals surface area contributed by atoms with Gasteiger partial charge in [0.1, 0.15) is 12.2 Å². The van der Waals surface area contributed by atoms with Crippen LogP contribution in [0.2, 0.25) is 0 Å². The van der Waals surface area contributed by atoms with Gasteiger partial charge in [0.2, 0.25) is 0 Å². The molecular weight excluding hydrogens is 496 g/mol. The van der Waals surface area contributed by atoms with E-state index in [1.807, 2.05) is 48.5 Å². The van der Waals surface area contributed by atoms with Crippen molar-refractivity contribution in [1.82, 2.24) is 4.98 Å². The third kappa shape index (κ3) is 4.76. The Morgan fingerprint density at radius 1 is 0.921 bits per heavy atom. The topological polar surface area (TPSA) is 77.5 Å². The molecule has 1 aliphatic carbocycles. The standard InChI is InChI=1S/C31H24N2O4S/c34-20-37-31(15-16-31)25-12-10-23(11-13-25)22-6-8-24(9-7-22)29-28(26-14-17-32-18-27(26)38-29)33-30(35)36-19-21-4-2-1-3-5-21/h1-14,17-18,20H,15-16,19H2,(H,33,35). The lowest BCUT2D eigenvalue weighted by molar-refractivity contribution is -0.136. The molecule has 38 heavy (non-hydrogen) atoms. The number of carbonyl (C=O) groups is 2. The molecule has 0 spiro atoms. The molecule has 0 bridgehead atoms. The zero-order chi connectivity index (χ0) is 26.0. The lowest BCUT2D eigenvalue weighted by Gasteiger charge is -2.14. The summed E-state index contributed by atoms with van der Waals surface area (Å²) in [4.78, 5) is 28.8. The second-order valence-corrected chi connectivity index (χ2v) is 10.3. The highest BCUT2D eigenvalue weighted by molar-refractivity contribution is 7.23. The Balaban J connectivity index is 1.24. The Labute approximate surface area is 223 Å². The first-order valence-corrected chi connectivity index (χ1v) is 13.1. The number of anilines is 1. The van der Waals surface area contributed by atoms with Crippen LogP contribution in [0.1, 0.15) is 24.0 Å². The van der Waals surface area contributed by atoms with Gasteiger partial charge in [-0.25, -0.2) is 4.79 Å². The molecule has 6 rings (SSSR count). The number of hydrogen-bond acceptors (Lipinski definition) is 6. The molecule has 3 aromatic carbocycles. The monoisotopic (exact) mass is 520 g/mol. The van der Waals surface area contributed by atoms with Crippen LogP contribution in [-0.4, -0.2) is 17.5 Å². The molecule has 0 atom stereocenters. The number of amides is 1. The van der Waals surface area contributed by atoms with Gasteiger partial charge >= 0.3 is 6.09 Å². The quantitative estimate of drug-likeness (QED) is 0.214. The van der Waals surface area contributed by atoms with Crippen molar-refractivity contribution >= 4 is 39.7 Å². The fourth-order valence-corrected chi connectivity index (χ4v) is 5.73. The number of thiophene rings is 1. The van der Waals surface area contributed by atoms with Gasteiger partial charge < -0.3 is 9.47 Å². The number of fused-ring (bicyclic) bond motifs is 1. The van der Waals surface area contributed by atoms with Crippen LogP contribution in [0.5, 0.6) is 0 Å². The first-order valence-electron chi connectivity index (χ1n) is 12.3. The molecule has 5 aromatic rings. The average Bonchev–Trinajstić information content (AvgIpc) is 3.67. The molecule has 0 unspecified atom stereocenters. The van der Waals surface area contributed by atoms with Crippen LogP contribution in [0.25, 0.3) is 31.7 Å². The zero-order valence-corrected chi connectivity index (χ0v) is 21.2. The Bertz CT molecular complexity index is 1590. The number of ether oxygens (including phenoxy) is 2. The highest BCUT2D eigenvalue weighted by atomic mass is 32.1. The molecule has 1 fully saturated rings. The molecule has 0 saturated heterocycles.